The minimum atomic E-state index is -1.04. The molecular formula is C19H27NO4. The van der Waals surface area contributed by atoms with Crippen LogP contribution in [-0.4, -0.2) is 35.0 Å². The molecule has 1 spiro atoms. The SMILES string of the molecule is CCc1oc(C(=O)N2CCC(C)C3(CCCCC3)C2)cc1C(=O)O. The second-order valence-electron chi connectivity index (χ2n) is 7.45. The van der Waals surface area contributed by atoms with E-state index in [0.29, 0.717) is 18.1 Å². The Morgan fingerprint density at radius 3 is 2.62 bits per heavy atom. The molecule has 2 aliphatic rings. The van der Waals surface area contributed by atoms with Gasteiger partial charge in [-0.15, -0.1) is 0 Å². The van der Waals surface area contributed by atoms with Gasteiger partial charge < -0.3 is 14.4 Å². The molecule has 1 amide bonds. The Labute approximate surface area is 143 Å². The van der Waals surface area contributed by atoms with Crippen molar-refractivity contribution in [3.63, 3.8) is 0 Å². The van der Waals surface area contributed by atoms with Crippen molar-refractivity contribution < 1.29 is 19.1 Å². The number of carbonyl (C=O) groups is 2. The van der Waals surface area contributed by atoms with Crippen molar-refractivity contribution in [2.45, 2.75) is 58.8 Å². The maximum absolute atomic E-state index is 12.9. The molecule has 0 radical (unpaired) electrons. The molecule has 5 nitrogen and oxygen atoms in total. The standard InChI is InChI=1S/C19H27NO4/c1-3-15-14(18(22)23)11-16(24-15)17(21)20-10-7-13(2)19(12-20)8-5-4-6-9-19/h11,13H,3-10,12H2,1-2H3,(H,22,23). The van der Waals surface area contributed by atoms with Gasteiger partial charge >= 0.3 is 5.97 Å². The molecule has 2 fully saturated rings. The highest BCUT2D eigenvalue weighted by Gasteiger charge is 2.43. The Morgan fingerprint density at radius 1 is 1.33 bits per heavy atom. The van der Waals surface area contributed by atoms with Crippen molar-refractivity contribution >= 4 is 11.9 Å². The molecule has 2 heterocycles. The quantitative estimate of drug-likeness (QED) is 0.908. The van der Waals surface area contributed by atoms with Crippen molar-refractivity contribution in [3.8, 4) is 0 Å². The third kappa shape index (κ3) is 2.96. The molecule has 1 aliphatic carbocycles. The summed E-state index contributed by atoms with van der Waals surface area (Å²) in [4.78, 5) is 26.1. The van der Waals surface area contributed by atoms with Crippen LogP contribution in [0.5, 0.6) is 0 Å². The zero-order valence-electron chi connectivity index (χ0n) is 14.6. The maximum Gasteiger partial charge on any atom is 0.339 e. The van der Waals surface area contributed by atoms with Crippen molar-refractivity contribution in [2.75, 3.05) is 13.1 Å². The number of aryl methyl sites for hydroxylation is 1. The minimum absolute atomic E-state index is 0.110. The predicted molar refractivity (Wildman–Crippen MR) is 90.2 cm³/mol. The van der Waals surface area contributed by atoms with Crippen molar-refractivity contribution in [1.82, 2.24) is 4.90 Å². The van der Waals surface area contributed by atoms with E-state index in [2.05, 4.69) is 6.92 Å². The van der Waals surface area contributed by atoms with Crippen LogP contribution in [0.25, 0.3) is 0 Å². The molecule has 1 aliphatic heterocycles. The van der Waals surface area contributed by atoms with E-state index >= 15 is 0 Å². The van der Waals surface area contributed by atoms with Crippen molar-refractivity contribution in [3.05, 3.63) is 23.2 Å². The minimum Gasteiger partial charge on any atom is -0.478 e. The number of nitrogens with zero attached hydrogens (tertiary/aromatic N) is 1. The molecule has 0 bridgehead atoms. The molecule has 1 aromatic heterocycles. The van der Waals surface area contributed by atoms with Gasteiger partial charge in [0, 0.05) is 25.6 Å². The Kier molecular flexibility index (Phi) is 4.70. The molecule has 1 saturated heterocycles. The highest BCUT2D eigenvalue weighted by molar-refractivity contribution is 5.96. The van der Waals surface area contributed by atoms with E-state index in [9.17, 15) is 14.7 Å². The highest BCUT2D eigenvalue weighted by atomic mass is 16.4. The Balaban J connectivity index is 1.81. The third-order valence-electron chi connectivity index (χ3n) is 6.09. The summed E-state index contributed by atoms with van der Waals surface area (Å²) in [5.74, 6) is -0.00711. The van der Waals surface area contributed by atoms with E-state index in [1.807, 2.05) is 11.8 Å². The fourth-order valence-electron chi connectivity index (χ4n) is 4.48. The number of carbonyl (C=O) groups excluding carboxylic acids is 1. The van der Waals surface area contributed by atoms with E-state index < -0.39 is 5.97 Å². The van der Waals surface area contributed by atoms with E-state index in [0.717, 1.165) is 19.5 Å². The van der Waals surface area contributed by atoms with Crippen LogP contribution >= 0.6 is 0 Å². The van der Waals surface area contributed by atoms with Gasteiger partial charge in [0.15, 0.2) is 5.76 Å². The van der Waals surface area contributed by atoms with Gasteiger partial charge in [0.05, 0.1) is 0 Å². The molecule has 1 aromatic rings. The summed E-state index contributed by atoms with van der Waals surface area (Å²) in [6, 6.07) is 1.40. The van der Waals surface area contributed by atoms with Gasteiger partial charge in [-0.3, -0.25) is 4.79 Å². The maximum atomic E-state index is 12.9. The summed E-state index contributed by atoms with van der Waals surface area (Å²) in [5.41, 5.74) is 0.348. The summed E-state index contributed by atoms with van der Waals surface area (Å²) < 4.78 is 5.57. The average Bonchev–Trinajstić information content (AvgIpc) is 3.02. The van der Waals surface area contributed by atoms with E-state index in [1.165, 1.54) is 38.2 Å². The lowest BCUT2D eigenvalue weighted by molar-refractivity contribution is 0.00524. The zero-order chi connectivity index (χ0) is 17.3. The molecule has 3 rings (SSSR count). The smallest absolute Gasteiger partial charge is 0.339 e. The van der Waals surface area contributed by atoms with Crippen LogP contribution in [0.2, 0.25) is 0 Å². The molecule has 1 atom stereocenters. The number of hydrogen-bond acceptors (Lipinski definition) is 3. The largest absolute Gasteiger partial charge is 0.478 e. The summed E-state index contributed by atoms with van der Waals surface area (Å²) >= 11 is 0. The number of likely N-dealkylation sites (tertiary alicyclic amines) is 1. The Bertz CT molecular complexity index is 627. The molecule has 1 N–H and O–H groups in total. The van der Waals surface area contributed by atoms with E-state index in [4.69, 9.17) is 4.42 Å². The van der Waals surface area contributed by atoms with Gasteiger partial charge in [-0.2, -0.15) is 0 Å². The summed E-state index contributed by atoms with van der Waals surface area (Å²) in [5, 5.41) is 9.25. The van der Waals surface area contributed by atoms with Gasteiger partial charge in [-0.05, 0) is 30.6 Å². The molecule has 1 saturated carbocycles. The second kappa shape index (κ2) is 6.61. The van der Waals surface area contributed by atoms with Gasteiger partial charge in [-0.1, -0.05) is 33.1 Å². The first-order valence-electron chi connectivity index (χ1n) is 9.12. The number of furan rings is 1. The van der Waals surface area contributed by atoms with E-state index in [1.54, 1.807) is 0 Å². The summed E-state index contributed by atoms with van der Waals surface area (Å²) in [6.07, 6.45) is 7.65. The number of hydrogen-bond donors (Lipinski definition) is 1. The number of rotatable bonds is 3. The van der Waals surface area contributed by atoms with Crippen molar-refractivity contribution in [2.24, 2.45) is 11.3 Å². The fraction of sp³-hybridized carbons (Fsp3) is 0.684. The second-order valence-corrected chi connectivity index (χ2v) is 7.45. The van der Waals surface area contributed by atoms with Crippen LogP contribution in [0.1, 0.15) is 79.0 Å². The van der Waals surface area contributed by atoms with Crippen LogP contribution in [0.4, 0.5) is 0 Å². The van der Waals surface area contributed by atoms with Crippen molar-refractivity contribution in [1.29, 1.82) is 0 Å². The van der Waals surface area contributed by atoms with E-state index in [-0.39, 0.29) is 22.6 Å². The number of aromatic carboxylic acids is 1. The van der Waals surface area contributed by atoms with Crippen LogP contribution in [0.3, 0.4) is 0 Å². The van der Waals surface area contributed by atoms with Gasteiger partial charge in [0.1, 0.15) is 11.3 Å². The first-order chi connectivity index (χ1) is 11.5. The first kappa shape index (κ1) is 17.1. The monoisotopic (exact) mass is 333 g/mol. The number of carboxylic acid groups (broad SMARTS) is 1. The Hall–Kier alpha value is -1.78. The molecule has 132 valence electrons. The Morgan fingerprint density at radius 2 is 2.04 bits per heavy atom. The number of carboxylic acids is 1. The van der Waals surface area contributed by atoms with Crippen LogP contribution < -0.4 is 0 Å². The van der Waals surface area contributed by atoms with Crippen LogP contribution in [0.15, 0.2) is 10.5 Å². The highest BCUT2D eigenvalue weighted by Crippen LogP contribution is 2.47. The number of piperidine rings is 1. The predicted octanol–water partition coefficient (Wildman–Crippen LogP) is 3.97. The lowest BCUT2D eigenvalue weighted by atomic mass is 9.63. The first-order valence-corrected chi connectivity index (χ1v) is 9.12. The molecular weight excluding hydrogens is 306 g/mol. The number of amides is 1. The lowest BCUT2D eigenvalue weighted by Crippen LogP contribution is -2.50. The molecule has 5 heteroatoms. The summed E-state index contributed by atoms with van der Waals surface area (Å²) in [7, 11) is 0. The molecule has 1 unspecified atom stereocenters. The summed E-state index contributed by atoms with van der Waals surface area (Å²) in [6.45, 7) is 5.65. The molecule has 0 aromatic carbocycles. The topological polar surface area (TPSA) is 70.8 Å². The average molecular weight is 333 g/mol. The third-order valence-corrected chi connectivity index (χ3v) is 6.09. The molecule has 24 heavy (non-hydrogen) atoms. The van der Waals surface area contributed by atoms with Gasteiger partial charge in [-0.25, -0.2) is 4.79 Å². The lowest BCUT2D eigenvalue weighted by Gasteiger charge is -2.49. The van der Waals surface area contributed by atoms with Gasteiger partial charge in [0.2, 0.25) is 0 Å². The fourth-order valence-corrected chi connectivity index (χ4v) is 4.48. The normalized spacial score (nSPS) is 23.4. The van der Waals surface area contributed by atoms with Gasteiger partial charge in [0.25, 0.3) is 5.91 Å². The zero-order valence-corrected chi connectivity index (χ0v) is 14.6. The van der Waals surface area contributed by atoms with Crippen LogP contribution in [0, 0.1) is 11.3 Å². The van der Waals surface area contributed by atoms with Crippen LogP contribution in [-0.2, 0) is 6.42 Å².